The van der Waals surface area contributed by atoms with E-state index in [2.05, 4.69) is 47.8 Å². The van der Waals surface area contributed by atoms with Crippen molar-refractivity contribution in [3.63, 3.8) is 0 Å². The van der Waals surface area contributed by atoms with Gasteiger partial charge in [0.1, 0.15) is 6.29 Å². The number of hydrogen-bond acceptors (Lipinski definition) is 5. The van der Waals surface area contributed by atoms with E-state index in [4.69, 9.17) is 10.7 Å². The van der Waals surface area contributed by atoms with Gasteiger partial charge in [-0.15, -0.1) is 0 Å². The maximum atomic E-state index is 12.0. The molecule has 3 aromatic rings. The van der Waals surface area contributed by atoms with Crippen molar-refractivity contribution >= 4 is 18.1 Å². The lowest BCUT2D eigenvalue weighted by atomic mass is 9.72. The number of nitrogens with two attached hydrogens (primary N) is 1. The maximum absolute atomic E-state index is 12.0. The first-order valence-corrected chi connectivity index (χ1v) is 14.0. The Bertz CT molecular complexity index is 1280. The van der Waals surface area contributed by atoms with Gasteiger partial charge in [0.2, 0.25) is 0 Å². The van der Waals surface area contributed by atoms with Crippen LogP contribution in [-0.2, 0) is 10.3 Å². The molecule has 0 radical (unpaired) electrons. The highest BCUT2D eigenvalue weighted by Gasteiger charge is 2.34. The quantitative estimate of drug-likeness (QED) is 0.289. The molecule has 0 spiro atoms. The van der Waals surface area contributed by atoms with Gasteiger partial charge in [0, 0.05) is 42.2 Å². The molecule has 39 heavy (non-hydrogen) atoms. The number of hydrogen-bond donors (Lipinski definition) is 3. The molecule has 2 aliphatic carbocycles. The normalized spacial score (nSPS) is 20.9. The summed E-state index contributed by atoms with van der Waals surface area (Å²) in [5.74, 6) is 0.109. The molecular formula is C32H38N4O3. The van der Waals surface area contributed by atoms with Crippen molar-refractivity contribution in [1.82, 2.24) is 9.88 Å². The first-order chi connectivity index (χ1) is 18.9. The number of carbonyl (C=O) groups excluding carboxylic acids is 1. The molecule has 1 unspecified atom stereocenters. The second-order valence-electron chi connectivity index (χ2n) is 11.2. The molecule has 2 fully saturated rings. The van der Waals surface area contributed by atoms with Crippen molar-refractivity contribution in [3.8, 4) is 22.4 Å². The van der Waals surface area contributed by atoms with Gasteiger partial charge in [-0.2, -0.15) is 0 Å². The largest absolute Gasteiger partial charge is 0.465 e. The van der Waals surface area contributed by atoms with Crippen molar-refractivity contribution in [1.29, 1.82) is 0 Å². The summed E-state index contributed by atoms with van der Waals surface area (Å²) in [7, 11) is 1.63. The zero-order chi connectivity index (χ0) is 27.4. The second kappa shape index (κ2) is 11.6. The Morgan fingerprint density at radius 3 is 2.38 bits per heavy atom. The summed E-state index contributed by atoms with van der Waals surface area (Å²) in [6.07, 6.45) is 8.51. The number of benzene rings is 2. The first-order valence-electron chi connectivity index (χ1n) is 14.0. The topological polar surface area (TPSA) is 109 Å². The lowest BCUT2D eigenvalue weighted by Gasteiger charge is -2.38. The fourth-order valence-electron chi connectivity index (χ4n) is 6.07. The smallest absolute Gasteiger partial charge is 0.407 e. The predicted molar refractivity (Wildman–Crippen MR) is 154 cm³/mol. The van der Waals surface area contributed by atoms with E-state index in [1.54, 1.807) is 7.05 Å². The molecule has 0 aliphatic heterocycles. The fraction of sp³-hybridized carbons (Fsp3) is 0.406. The Morgan fingerprint density at radius 1 is 1.10 bits per heavy atom. The number of anilines is 1. The average molecular weight is 527 g/mol. The number of rotatable bonds is 9. The van der Waals surface area contributed by atoms with Gasteiger partial charge in [-0.1, -0.05) is 54.6 Å². The van der Waals surface area contributed by atoms with Crippen molar-refractivity contribution in [2.75, 3.05) is 18.9 Å². The van der Waals surface area contributed by atoms with Crippen LogP contribution in [0.25, 0.3) is 22.4 Å². The van der Waals surface area contributed by atoms with Gasteiger partial charge >= 0.3 is 6.09 Å². The highest BCUT2D eigenvalue weighted by molar-refractivity contribution is 5.83. The molecule has 2 saturated carbocycles. The lowest BCUT2D eigenvalue weighted by molar-refractivity contribution is -0.112. The Balaban J connectivity index is 1.31. The highest BCUT2D eigenvalue weighted by atomic mass is 16.4. The first kappa shape index (κ1) is 26.9. The SMILES string of the molecule is CN(C(=O)O)C1CCC(C(C=O)CNc2cnc(-c3ccc(C4(N)CCC4)cc3)c(-c3ccccc3)c2)CC1. The zero-order valence-corrected chi connectivity index (χ0v) is 22.6. The van der Waals surface area contributed by atoms with Gasteiger partial charge in [0.15, 0.2) is 0 Å². The molecule has 1 heterocycles. The standard InChI is InChI=1S/C32H38N4O3/c1-36(31(38)39)28-14-10-22(11-15-28)25(21-37)19-34-27-18-29(23-6-3-2-4-7-23)30(35-20-27)24-8-12-26(13-9-24)32(33)16-5-17-32/h2-4,6-9,12-13,18,20-22,25,28,34H,5,10-11,14-17,19,33H2,1H3,(H,38,39). The number of carbonyl (C=O) groups is 2. The average Bonchev–Trinajstić information content (AvgIpc) is 2.96. The summed E-state index contributed by atoms with van der Waals surface area (Å²) in [4.78, 5) is 29.6. The summed E-state index contributed by atoms with van der Waals surface area (Å²) >= 11 is 0. The lowest BCUT2D eigenvalue weighted by Crippen LogP contribution is -2.43. The Morgan fingerprint density at radius 2 is 1.79 bits per heavy atom. The number of aldehydes is 1. The molecule has 204 valence electrons. The van der Waals surface area contributed by atoms with Crippen LogP contribution in [0.5, 0.6) is 0 Å². The van der Waals surface area contributed by atoms with E-state index >= 15 is 0 Å². The van der Waals surface area contributed by atoms with Crippen LogP contribution in [0.2, 0.25) is 0 Å². The van der Waals surface area contributed by atoms with E-state index in [1.165, 1.54) is 16.9 Å². The van der Waals surface area contributed by atoms with Crippen LogP contribution in [0.1, 0.15) is 50.5 Å². The van der Waals surface area contributed by atoms with Crippen molar-refractivity contribution in [3.05, 3.63) is 72.4 Å². The van der Waals surface area contributed by atoms with Crippen LogP contribution in [0.4, 0.5) is 10.5 Å². The van der Waals surface area contributed by atoms with Gasteiger partial charge in [0.05, 0.1) is 17.6 Å². The number of nitrogens with one attached hydrogen (secondary N) is 1. The van der Waals surface area contributed by atoms with Crippen LogP contribution in [0.15, 0.2) is 66.9 Å². The van der Waals surface area contributed by atoms with E-state index in [0.717, 1.165) is 72.9 Å². The molecule has 7 nitrogen and oxygen atoms in total. The Kier molecular flexibility index (Phi) is 7.98. The molecule has 2 aromatic carbocycles. The van der Waals surface area contributed by atoms with Gasteiger partial charge in [-0.05, 0) is 68.1 Å². The van der Waals surface area contributed by atoms with E-state index < -0.39 is 6.09 Å². The third-order valence-electron chi connectivity index (χ3n) is 8.86. The molecule has 1 amide bonds. The molecule has 1 aromatic heterocycles. The molecule has 4 N–H and O–H groups in total. The van der Waals surface area contributed by atoms with Crippen LogP contribution >= 0.6 is 0 Å². The number of nitrogens with zero attached hydrogens (tertiary/aromatic N) is 2. The molecule has 0 bridgehead atoms. The molecule has 5 rings (SSSR count). The summed E-state index contributed by atoms with van der Waals surface area (Å²) < 4.78 is 0. The predicted octanol–water partition coefficient (Wildman–Crippen LogP) is 6.15. The van der Waals surface area contributed by atoms with Crippen molar-refractivity contribution in [2.24, 2.45) is 17.6 Å². The summed E-state index contributed by atoms with van der Waals surface area (Å²) in [6.45, 7) is 0.524. The Hall–Kier alpha value is -3.71. The van der Waals surface area contributed by atoms with Crippen LogP contribution < -0.4 is 11.1 Å². The molecule has 7 heteroatoms. The summed E-state index contributed by atoms with van der Waals surface area (Å²) in [5, 5.41) is 12.7. The zero-order valence-electron chi connectivity index (χ0n) is 22.6. The third-order valence-corrected chi connectivity index (χ3v) is 8.86. The van der Waals surface area contributed by atoms with Gasteiger partial charge < -0.3 is 25.9 Å². The number of carboxylic acid groups (broad SMARTS) is 1. The second-order valence-corrected chi connectivity index (χ2v) is 11.2. The monoisotopic (exact) mass is 526 g/mol. The fourth-order valence-corrected chi connectivity index (χ4v) is 6.07. The minimum atomic E-state index is -0.894. The minimum absolute atomic E-state index is 0.0300. The summed E-state index contributed by atoms with van der Waals surface area (Å²) in [6, 6.07) is 20.9. The van der Waals surface area contributed by atoms with E-state index in [9.17, 15) is 14.7 Å². The number of amides is 1. The van der Waals surface area contributed by atoms with Crippen molar-refractivity contribution in [2.45, 2.75) is 56.5 Å². The van der Waals surface area contributed by atoms with Crippen LogP contribution in [0, 0.1) is 11.8 Å². The van der Waals surface area contributed by atoms with E-state index in [0.29, 0.717) is 6.54 Å². The van der Waals surface area contributed by atoms with E-state index in [1.807, 2.05) is 24.4 Å². The van der Waals surface area contributed by atoms with Gasteiger partial charge in [0.25, 0.3) is 0 Å². The molecule has 2 aliphatic rings. The van der Waals surface area contributed by atoms with Crippen LogP contribution in [-0.4, -0.2) is 47.0 Å². The highest BCUT2D eigenvalue weighted by Crippen LogP contribution is 2.40. The summed E-state index contributed by atoms with van der Waals surface area (Å²) in [5.41, 5.74) is 12.5. The third kappa shape index (κ3) is 5.83. The Labute approximate surface area is 230 Å². The van der Waals surface area contributed by atoms with Crippen LogP contribution in [0.3, 0.4) is 0 Å². The van der Waals surface area contributed by atoms with Crippen molar-refractivity contribution < 1.29 is 14.7 Å². The molecular weight excluding hydrogens is 488 g/mol. The van der Waals surface area contributed by atoms with Gasteiger partial charge in [-0.25, -0.2) is 4.79 Å². The minimum Gasteiger partial charge on any atom is -0.465 e. The molecule has 0 saturated heterocycles. The number of aromatic nitrogens is 1. The number of pyridine rings is 1. The maximum Gasteiger partial charge on any atom is 0.407 e. The molecule has 1 atom stereocenters. The van der Waals surface area contributed by atoms with E-state index in [-0.39, 0.29) is 23.4 Å². The van der Waals surface area contributed by atoms with Gasteiger partial charge in [-0.3, -0.25) is 4.98 Å².